The summed E-state index contributed by atoms with van der Waals surface area (Å²) in [5.41, 5.74) is 2.59. The summed E-state index contributed by atoms with van der Waals surface area (Å²) in [6, 6.07) is 6.24. The highest BCUT2D eigenvalue weighted by Gasteiger charge is 2.13. The smallest absolute Gasteiger partial charge is 0.119 e. The summed E-state index contributed by atoms with van der Waals surface area (Å²) in [6.45, 7) is 6.10. The van der Waals surface area contributed by atoms with E-state index in [1.54, 1.807) is 7.11 Å². The summed E-state index contributed by atoms with van der Waals surface area (Å²) in [4.78, 5) is 2.39. The Morgan fingerprint density at radius 3 is 2.60 bits per heavy atom. The molecule has 0 aliphatic carbocycles. The molecule has 0 atom stereocenters. The van der Waals surface area contributed by atoms with Gasteiger partial charge in [-0.1, -0.05) is 0 Å². The van der Waals surface area contributed by atoms with E-state index in [2.05, 4.69) is 29.3 Å². The van der Waals surface area contributed by atoms with E-state index in [4.69, 9.17) is 4.74 Å². The summed E-state index contributed by atoms with van der Waals surface area (Å²) in [6.07, 6.45) is 0. The predicted octanol–water partition coefficient (Wildman–Crippen LogP) is 1.43. The van der Waals surface area contributed by atoms with Crippen LogP contribution in [0.3, 0.4) is 0 Å². The van der Waals surface area contributed by atoms with Crippen molar-refractivity contribution in [3.8, 4) is 5.75 Å². The van der Waals surface area contributed by atoms with Crippen LogP contribution in [0.25, 0.3) is 0 Å². The second kappa shape index (κ2) is 4.53. The highest BCUT2D eigenvalue weighted by atomic mass is 16.5. The Labute approximate surface area is 91.0 Å². The van der Waals surface area contributed by atoms with Crippen LogP contribution in [0.4, 0.5) is 5.69 Å². The topological polar surface area (TPSA) is 26.6 Å². The number of aryl methyl sites for hydroxylation is 1. The van der Waals surface area contributed by atoms with Gasteiger partial charge in [0.25, 0.3) is 0 Å². The van der Waals surface area contributed by atoms with E-state index in [1.807, 2.05) is 6.07 Å². The molecule has 0 saturated carbocycles. The van der Waals surface area contributed by atoms with Crippen molar-refractivity contribution in [3.63, 3.8) is 0 Å². The van der Waals surface area contributed by atoms with Crippen LogP contribution in [0.2, 0.25) is 0 Å². The molecule has 1 fully saturated rings. The number of hydrogen-bond donors (Lipinski definition) is 0. The molecule has 1 saturated heterocycles. The monoisotopic (exact) mass is 205 g/mol. The van der Waals surface area contributed by atoms with Gasteiger partial charge in [0.05, 0.1) is 7.11 Å². The molecule has 3 heteroatoms. The number of methoxy groups -OCH3 is 1. The number of anilines is 1. The summed E-state index contributed by atoms with van der Waals surface area (Å²) >= 11 is 0. The Morgan fingerprint density at radius 1 is 1.27 bits per heavy atom. The molecule has 1 heterocycles. The molecule has 15 heavy (non-hydrogen) atoms. The third kappa shape index (κ3) is 2.23. The maximum absolute atomic E-state index is 5.20. The van der Waals surface area contributed by atoms with Crippen molar-refractivity contribution >= 4 is 5.69 Å². The molecular formula is C12H17N2O. The number of nitrogens with zero attached hydrogens (tertiary/aromatic N) is 2. The first-order chi connectivity index (χ1) is 7.31. The lowest BCUT2D eigenvalue weighted by atomic mass is 10.1. The average molecular weight is 205 g/mol. The fourth-order valence-corrected chi connectivity index (χ4v) is 1.96. The summed E-state index contributed by atoms with van der Waals surface area (Å²) < 4.78 is 5.20. The van der Waals surface area contributed by atoms with Gasteiger partial charge >= 0.3 is 0 Å². The molecule has 1 aromatic carbocycles. The van der Waals surface area contributed by atoms with Crippen molar-refractivity contribution in [1.29, 1.82) is 0 Å². The summed E-state index contributed by atoms with van der Waals surface area (Å²) in [7, 11) is 1.70. The number of hydrogen-bond acceptors (Lipinski definition) is 2. The minimum absolute atomic E-state index is 0.929. The Balaban J connectivity index is 2.19. The van der Waals surface area contributed by atoms with Crippen LogP contribution in [-0.4, -0.2) is 33.3 Å². The fraction of sp³-hybridized carbons (Fsp3) is 0.500. The van der Waals surface area contributed by atoms with E-state index < -0.39 is 0 Å². The molecule has 0 N–H and O–H groups in total. The second-order valence-electron chi connectivity index (χ2n) is 3.81. The molecule has 3 nitrogen and oxygen atoms in total. The third-order valence-corrected chi connectivity index (χ3v) is 2.80. The van der Waals surface area contributed by atoms with Crippen LogP contribution in [0, 0.1) is 6.92 Å². The van der Waals surface area contributed by atoms with Gasteiger partial charge in [0, 0.05) is 31.9 Å². The van der Waals surface area contributed by atoms with E-state index in [0.29, 0.717) is 0 Å². The minimum Gasteiger partial charge on any atom is -0.497 e. The SMILES string of the molecule is COc1ccc(N2CC[N]CC2)c(C)c1. The molecule has 0 spiro atoms. The van der Waals surface area contributed by atoms with Gasteiger partial charge in [-0.2, -0.15) is 0 Å². The van der Waals surface area contributed by atoms with E-state index in [9.17, 15) is 0 Å². The molecule has 0 bridgehead atoms. The van der Waals surface area contributed by atoms with Crippen LogP contribution in [0.15, 0.2) is 18.2 Å². The first-order valence-electron chi connectivity index (χ1n) is 5.34. The van der Waals surface area contributed by atoms with Gasteiger partial charge in [0.1, 0.15) is 5.75 Å². The Morgan fingerprint density at radius 2 is 2.00 bits per heavy atom. The van der Waals surface area contributed by atoms with Gasteiger partial charge < -0.3 is 9.64 Å². The second-order valence-corrected chi connectivity index (χ2v) is 3.81. The lowest BCUT2D eigenvalue weighted by Gasteiger charge is -2.30. The van der Waals surface area contributed by atoms with Gasteiger partial charge in [0.15, 0.2) is 0 Å². The van der Waals surface area contributed by atoms with Crippen LogP contribution in [-0.2, 0) is 0 Å². The zero-order valence-electron chi connectivity index (χ0n) is 9.36. The molecule has 1 aliphatic rings. The van der Waals surface area contributed by atoms with Gasteiger partial charge in [-0.3, -0.25) is 0 Å². The Bertz CT molecular complexity index is 332. The standard InChI is InChI=1S/C12H17N2O/c1-10-9-11(15-2)3-4-12(10)14-7-5-13-6-8-14/h3-4,9H,5-8H2,1-2H3. The molecule has 0 amide bonds. The molecule has 81 valence electrons. The molecule has 0 aromatic heterocycles. The molecule has 0 unspecified atom stereocenters. The lowest BCUT2D eigenvalue weighted by molar-refractivity contribution is 0.414. The van der Waals surface area contributed by atoms with Crippen molar-refractivity contribution < 1.29 is 4.74 Å². The number of rotatable bonds is 2. The Hall–Kier alpha value is -1.22. The number of benzene rings is 1. The largest absolute Gasteiger partial charge is 0.497 e. The zero-order valence-corrected chi connectivity index (χ0v) is 9.36. The molecule has 1 aromatic rings. The van der Waals surface area contributed by atoms with Crippen molar-refractivity contribution in [2.75, 3.05) is 38.2 Å². The van der Waals surface area contributed by atoms with Crippen LogP contribution in [0.1, 0.15) is 5.56 Å². The lowest BCUT2D eigenvalue weighted by Crippen LogP contribution is -2.40. The zero-order chi connectivity index (χ0) is 10.7. The van der Waals surface area contributed by atoms with Crippen molar-refractivity contribution in [2.45, 2.75) is 6.92 Å². The average Bonchev–Trinajstić information content (AvgIpc) is 2.30. The van der Waals surface area contributed by atoms with Crippen LogP contribution < -0.4 is 15.0 Å². The van der Waals surface area contributed by atoms with Gasteiger partial charge in [-0.05, 0) is 30.7 Å². The fourth-order valence-electron chi connectivity index (χ4n) is 1.96. The van der Waals surface area contributed by atoms with E-state index in [1.165, 1.54) is 11.3 Å². The summed E-state index contributed by atoms with van der Waals surface area (Å²) in [5, 5.41) is 4.35. The van der Waals surface area contributed by atoms with Crippen LogP contribution in [0.5, 0.6) is 5.75 Å². The van der Waals surface area contributed by atoms with Gasteiger partial charge in [0.2, 0.25) is 0 Å². The van der Waals surface area contributed by atoms with Crippen LogP contribution >= 0.6 is 0 Å². The van der Waals surface area contributed by atoms with Crippen molar-refractivity contribution in [2.24, 2.45) is 0 Å². The molecule has 2 rings (SSSR count). The predicted molar refractivity (Wildman–Crippen MR) is 61.8 cm³/mol. The number of piperazine rings is 1. The Kier molecular flexibility index (Phi) is 3.11. The third-order valence-electron chi connectivity index (χ3n) is 2.80. The maximum Gasteiger partial charge on any atom is 0.119 e. The number of ether oxygens (including phenoxy) is 1. The van der Waals surface area contributed by atoms with E-state index in [-0.39, 0.29) is 0 Å². The molecular weight excluding hydrogens is 188 g/mol. The van der Waals surface area contributed by atoms with Gasteiger partial charge in [-0.25, -0.2) is 5.32 Å². The van der Waals surface area contributed by atoms with Crippen molar-refractivity contribution in [3.05, 3.63) is 23.8 Å². The van der Waals surface area contributed by atoms with E-state index >= 15 is 0 Å². The summed E-state index contributed by atoms with van der Waals surface area (Å²) in [5.74, 6) is 0.929. The normalized spacial score (nSPS) is 16.5. The van der Waals surface area contributed by atoms with Gasteiger partial charge in [-0.15, -0.1) is 0 Å². The first-order valence-corrected chi connectivity index (χ1v) is 5.34. The maximum atomic E-state index is 5.20. The van der Waals surface area contributed by atoms with Crippen molar-refractivity contribution in [1.82, 2.24) is 5.32 Å². The van der Waals surface area contributed by atoms with E-state index in [0.717, 1.165) is 31.9 Å². The highest BCUT2D eigenvalue weighted by molar-refractivity contribution is 5.56. The molecule has 1 radical (unpaired) electrons. The minimum atomic E-state index is 0.929. The first kappa shape index (κ1) is 10.3. The highest BCUT2D eigenvalue weighted by Crippen LogP contribution is 2.24. The quantitative estimate of drug-likeness (QED) is 0.730. The molecule has 1 aliphatic heterocycles.